The van der Waals surface area contributed by atoms with Crippen LogP contribution in [-0.2, 0) is 11.3 Å². The van der Waals surface area contributed by atoms with Crippen molar-refractivity contribution in [1.29, 1.82) is 0 Å². The van der Waals surface area contributed by atoms with E-state index in [1.807, 2.05) is 18.2 Å². The molecule has 0 radical (unpaired) electrons. The lowest BCUT2D eigenvalue weighted by Crippen LogP contribution is -2.28. The Bertz CT molecular complexity index is 682. The van der Waals surface area contributed by atoms with Crippen LogP contribution in [0.3, 0.4) is 0 Å². The zero-order chi connectivity index (χ0) is 17.5. The number of aryl methyl sites for hydroxylation is 1. The van der Waals surface area contributed by atoms with Gasteiger partial charge in [0.1, 0.15) is 5.75 Å². The van der Waals surface area contributed by atoms with Gasteiger partial charge in [-0.3, -0.25) is 4.79 Å². The van der Waals surface area contributed by atoms with Gasteiger partial charge in [0, 0.05) is 18.8 Å². The number of rotatable bonds is 7. The second kappa shape index (κ2) is 8.34. The number of pyridine rings is 1. The molecule has 0 saturated carbocycles. The molecule has 128 valence electrons. The third-order valence-electron chi connectivity index (χ3n) is 3.73. The molecule has 0 atom stereocenters. The lowest BCUT2D eigenvalue weighted by molar-refractivity contribution is -0.123. The molecule has 0 aliphatic rings. The van der Waals surface area contributed by atoms with E-state index in [0.717, 1.165) is 5.56 Å². The third kappa shape index (κ3) is 4.98. The number of hydrogen-bond donors (Lipinski definition) is 1. The smallest absolute Gasteiger partial charge is 0.258 e. The fourth-order valence-electron chi connectivity index (χ4n) is 2.42. The third-order valence-corrected chi connectivity index (χ3v) is 3.73. The van der Waals surface area contributed by atoms with Gasteiger partial charge in [-0.15, -0.1) is 0 Å². The summed E-state index contributed by atoms with van der Waals surface area (Å²) < 4.78 is 10.6. The fraction of sp³-hybridized carbons (Fsp3) is 0.368. The lowest BCUT2D eigenvalue weighted by Gasteiger charge is -2.12. The van der Waals surface area contributed by atoms with Crippen LogP contribution in [0.4, 0.5) is 0 Å². The van der Waals surface area contributed by atoms with E-state index < -0.39 is 0 Å². The zero-order valence-electron chi connectivity index (χ0n) is 14.6. The number of hydrogen-bond acceptors (Lipinski definition) is 4. The summed E-state index contributed by atoms with van der Waals surface area (Å²) in [5.41, 5.74) is 3.37. The summed E-state index contributed by atoms with van der Waals surface area (Å²) in [6, 6.07) is 9.55. The summed E-state index contributed by atoms with van der Waals surface area (Å²) >= 11 is 0. The van der Waals surface area contributed by atoms with E-state index in [-0.39, 0.29) is 12.5 Å². The molecule has 1 aromatic heterocycles. The van der Waals surface area contributed by atoms with E-state index in [1.165, 1.54) is 11.1 Å². The first-order valence-electron chi connectivity index (χ1n) is 7.98. The first kappa shape index (κ1) is 17.8. The number of carbonyl (C=O) groups excluding carboxylic acids is 1. The second-order valence-electron chi connectivity index (χ2n) is 5.95. The van der Waals surface area contributed by atoms with Crippen molar-refractivity contribution in [1.82, 2.24) is 10.3 Å². The van der Waals surface area contributed by atoms with Crippen LogP contribution in [-0.4, -0.2) is 24.6 Å². The Labute approximate surface area is 143 Å². The minimum atomic E-state index is -0.170. The standard InChI is InChI=1S/C19H24N2O3/c1-13(2)17-7-6-16(9-14(17)3)24-12-18(22)20-10-15-5-8-19(23-4)21-11-15/h5-9,11,13H,10,12H2,1-4H3,(H,20,22). The molecule has 24 heavy (non-hydrogen) atoms. The Hall–Kier alpha value is -2.56. The van der Waals surface area contributed by atoms with Crippen LogP contribution >= 0.6 is 0 Å². The van der Waals surface area contributed by atoms with Gasteiger partial charge in [0.15, 0.2) is 6.61 Å². The van der Waals surface area contributed by atoms with Gasteiger partial charge in [0.05, 0.1) is 7.11 Å². The largest absolute Gasteiger partial charge is 0.484 e. The predicted octanol–water partition coefficient (Wildman–Crippen LogP) is 3.22. The normalized spacial score (nSPS) is 10.5. The summed E-state index contributed by atoms with van der Waals surface area (Å²) in [6.07, 6.45) is 1.67. The molecule has 0 fully saturated rings. The van der Waals surface area contributed by atoms with Crippen molar-refractivity contribution in [2.75, 3.05) is 13.7 Å². The number of aromatic nitrogens is 1. The first-order chi connectivity index (χ1) is 11.5. The van der Waals surface area contributed by atoms with Gasteiger partial charge in [0.25, 0.3) is 5.91 Å². The number of methoxy groups -OCH3 is 1. The van der Waals surface area contributed by atoms with Crippen LogP contribution in [0, 0.1) is 6.92 Å². The second-order valence-corrected chi connectivity index (χ2v) is 5.95. The number of carbonyl (C=O) groups is 1. The molecule has 0 aliphatic carbocycles. The van der Waals surface area contributed by atoms with Crippen LogP contribution in [0.25, 0.3) is 0 Å². The van der Waals surface area contributed by atoms with Gasteiger partial charge in [-0.1, -0.05) is 26.0 Å². The Morgan fingerprint density at radius 3 is 2.62 bits per heavy atom. The molecule has 2 aromatic rings. The van der Waals surface area contributed by atoms with Crippen molar-refractivity contribution < 1.29 is 14.3 Å². The van der Waals surface area contributed by atoms with Crippen molar-refractivity contribution in [3.63, 3.8) is 0 Å². The molecule has 5 nitrogen and oxygen atoms in total. The van der Waals surface area contributed by atoms with Crippen LogP contribution in [0.15, 0.2) is 36.5 Å². The van der Waals surface area contributed by atoms with Crippen LogP contribution < -0.4 is 14.8 Å². The summed E-state index contributed by atoms with van der Waals surface area (Å²) in [6.45, 7) is 6.77. The molecule has 0 aliphatic heterocycles. The van der Waals surface area contributed by atoms with Gasteiger partial charge in [-0.25, -0.2) is 4.98 Å². The number of ether oxygens (including phenoxy) is 2. The van der Waals surface area contributed by atoms with E-state index in [0.29, 0.717) is 24.1 Å². The number of nitrogens with one attached hydrogen (secondary N) is 1. The van der Waals surface area contributed by atoms with E-state index in [4.69, 9.17) is 9.47 Å². The lowest BCUT2D eigenvalue weighted by atomic mass is 9.98. The monoisotopic (exact) mass is 328 g/mol. The SMILES string of the molecule is COc1ccc(CNC(=O)COc2ccc(C(C)C)c(C)c2)cn1. The molecule has 2 rings (SSSR count). The van der Waals surface area contributed by atoms with Crippen molar-refractivity contribution in [2.24, 2.45) is 0 Å². The molecule has 1 aromatic carbocycles. The fourth-order valence-corrected chi connectivity index (χ4v) is 2.42. The molecular weight excluding hydrogens is 304 g/mol. The highest BCUT2D eigenvalue weighted by Crippen LogP contribution is 2.23. The topological polar surface area (TPSA) is 60.5 Å². The van der Waals surface area contributed by atoms with Gasteiger partial charge in [-0.2, -0.15) is 0 Å². The van der Waals surface area contributed by atoms with Crippen LogP contribution in [0.5, 0.6) is 11.6 Å². The first-order valence-corrected chi connectivity index (χ1v) is 7.98. The van der Waals surface area contributed by atoms with Gasteiger partial charge >= 0.3 is 0 Å². The molecule has 1 heterocycles. The summed E-state index contributed by atoms with van der Waals surface area (Å²) in [7, 11) is 1.57. The maximum atomic E-state index is 11.9. The molecule has 0 bridgehead atoms. The number of amides is 1. The molecule has 0 saturated heterocycles. The van der Waals surface area contributed by atoms with Crippen molar-refractivity contribution in [3.05, 3.63) is 53.2 Å². The average molecular weight is 328 g/mol. The minimum absolute atomic E-state index is 0.00987. The highest BCUT2D eigenvalue weighted by atomic mass is 16.5. The Kier molecular flexibility index (Phi) is 6.18. The Morgan fingerprint density at radius 1 is 1.25 bits per heavy atom. The highest BCUT2D eigenvalue weighted by Gasteiger charge is 2.07. The van der Waals surface area contributed by atoms with Crippen molar-refractivity contribution in [2.45, 2.75) is 33.2 Å². The zero-order valence-corrected chi connectivity index (χ0v) is 14.6. The van der Waals surface area contributed by atoms with Gasteiger partial charge in [0.2, 0.25) is 5.88 Å². The van der Waals surface area contributed by atoms with Crippen LogP contribution in [0.1, 0.15) is 36.5 Å². The Morgan fingerprint density at radius 2 is 2.04 bits per heavy atom. The highest BCUT2D eigenvalue weighted by molar-refractivity contribution is 5.77. The molecule has 5 heteroatoms. The van der Waals surface area contributed by atoms with Crippen molar-refractivity contribution >= 4 is 5.91 Å². The van der Waals surface area contributed by atoms with E-state index >= 15 is 0 Å². The maximum Gasteiger partial charge on any atom is 0.258 e. The molecule has 0 spiro atoms. The number of benzene rings is 1. The maximum absolute atomic E-state index is 11.9. The summed E-state index contributed by atoms with van der Waals surface area (Å²) in [4.78, 5) is 16.0. The molecule has 1 amide bonds. The van der Waals surface area contributed by atoms with E-state index in [2.05, 4.69) is 37.1 Å². The number of nitrogens with zero attached hydrogens (tertiary/aromatic N) is 1. The van der Waals surface area contributed by atoms with E-state index in [9.17, 15) is 4.79 Å². The van der Waals surface area contributed by atoms with E-state index in [1.54, 1.807) is 19.4 Å². The van der Waals surface area contributed by atoms with Crippen molar-refractivity contribution in [3.8, 4) is 11.6 Å². The minimum Gasteiger partial charge on any atom is -0.484 e. The van der Waals surface area contributed by atoms with Gasteiger partial charge in [-0.05, 0) is 41.7 Å². The average Bonchev–Trinajstić information content (AvgIpc) is 2.58. The summed E-state index contributed by atoms with van der Waals surface area (Å²) in [5.74, 6) is 1.56. The molecule has 0 unspecified atom stereocenters. The quantitative estimate of drug-likeness (QED) is 0.848. The Balaban J connectivity index is 1.81. The molecular formula is C19H24N2O3. The predicted molar refractivity (Wildman–Crippen MR) is 93.4 cm³/mol. The molecule has 1 N–H and O–H groups in total. The van der Waals surface area contributed by atoms with Gasteiger partial charge < -0.3 is 14.8 Å². The van der Waals surface area contributed by atoms with Crippen LogP contribution in [0.2, 0.25) is 0 Å². The summed E-state index contributed by atoms with van der Waals surface area (Å²) in [5, 5.41) is 2.81.